The molecule has 4 rings (SSSR count). The van der Waals surface area contributed by atoms with E-state index in [0.717, 1.165) is 31.9 Å². The number of nitrogens with two attached hydrogens (primary N) is 1. The fourth-order valence-corrected chi connectivity index (χ4v) is 4.59. The Morgan fingerprint density at radius 1 is 0.844 bits per heavy atom. The number of nitrogens with zero attached hydrogens (tertiary/aromatic N) is 2. The van der Waals surface area contributed by atoms with E-state index in [1.807, 2.05) is 24.3 Å². The summed E-state index contributed by atoms with van der Waals surface area (Å²) in [6, 6.07) is 27.9. The molecule has 4 N–H and O–H groups in total. The fourth-order valence-electron chi connectivity index (χ4n) is 4.59. The Labute approximate surface area is 189 Å². The van der Waals surface area contributed by atoms with Crippen molar-refractivity contribution in [2.75, 3.05) is 37.6 Å². The van der Waals surface area contributed by atoms with Crippen molar-refractivity contribution in [1.82, 2.24) is 10.2 Å². The van der Waals surface area contributed by atoms with Crippen LogP contribution in [0.1, 0.15) is 23.1 Å². The molecule has 1 fully saturated rings. The van der Waals surface area contributed by atoms with Gasteiger partial charge in [-0.05, 0) is 35.4 Å². The van der Waals surface area contributed by atoms with Crippen molar-refractivity contribution < 1.29 is 4.39 Å². The van der Waals surface area contributed by atoms with E-state index in [4.69, 9.17) is 11.1 Å². The predicted molar refractivity (Wildman–Crippen MR) is 128 cm³/mol. The summed E-state index contributed by atoms with van der Waals surface area (Å²) < 4.78 is 13.3. The van der Waals surface area contributed by atoms with Crippen molar-refractivity contribution in [3.8, 4) is 0 Å². The third kappa shape index (κ3) is 5.26. The maximum Gasteiger partial charge on any atom is 0.185 e. The van der Waals surface area contributed by atoms with Gasteiger partial charge in [-0.15, -0.1) is 0 Å². The first-order chi connectivity index (χ1) is 15.6. The van der Waals surface area contributed by atoms with Gasteiger partial charge < -0.3 is 16.0 Å². The van der Waals surface area contributed by atoms with Crippen molar-refractivity contribution in [3.63, 3.8) is 0 Å². The Morgan fingerprint density at radius 3 is 1.97 bits per heavy atom. The van der Waals surface area contributed by atoms with Crippen LogP contribution in [0.25, 0.3) is 0 Å². The lowest BCUT2D eigenvalue weighted by atomic mass is 9.85. The summed E-state index contributed by atoms with van der Waals surface area (Å²) in [5, 5.41) is 10.8. The molecule has 0 unspecified atom stereocenters. The molecule has 1 heterocycles. The molecule has 5 nitrogen and oxygen atoms in total. The average Bonchev–Trinajstić information content (AvgIpc) is 2.83. The summed E-state index contributed by atoms with van der Waals surface area (Å²) in [5.74, 6) is -0.0982. The highest BCUT2D eigenvalue weighted by Gasteiger charge is 2.32. The maximum absolute atomic E-state index is 13.3. The van der Waals surface area contributed by atoms with E-state index < -0.39 is 0 Å². The molecule has 0 saturated carbocycles. The van der Waals surface area contributed by atoms with Gasteiger partial charge in [-0.1, -0.05) is 60.7 Å². The third-order valence-electron chi connectivity index (χ3n) is 6.16. The van der Waals surface area contributed by atoms with Crippen LogP contribution in [0.15, 0.2) is 84.9 Å². The number of halogens is 1. The molecule has 0 aliphatic carbocycles. The summed E-state index contributed by atoms with van der Waals surface area (Å²) in [5.41, 5.74) is 9.18. The number of rotatable bonds is 7. The van der Waals surface area contributed by atoms with Crippen molar-refractivity contribution in [1.29, 1.82) is 5.41 Å². The predicted octanol–water partition coefficient (Wildman–Crippen LogP) is 3.96. The van der Waals surface area contributed by atoms with Crippen molar-refractivity contribution in [2.45, 2.75) is 12.0 Å². The van der Waals surface area contributed by atoms with Gasteiger partial charge in [0.2, 0.25) is 0 Å². The second-order valence-electron chi connectivity index (χ2n) is 8.17. The zero-order valence-electron chi connectivity index (χ0n) is 18.1. The quantitative estimate of drug-likeness (QED) is 0.391. The van der Waals surface area contributed by atoms with Gasteiger partial charge >= 0.3 is 0 Å². The molecule has 1 aliphatic heterocycles. The van der Waals surface area contributed by atoms with E-state index in [9.17, 15) is 4.39 Å². The molecule has 0 amide bonds. The molecular formula is C26H30FN5. The molecule has 166 valence electrons. The van der Waals surface area contributed by atoms with Gasteiger partial charge in [0.25, 0.3) is 0 Å². The van der Waals surface area contributed by atoms with E-state index in [-0.39, 0.29) is 23.7 Å². The van der Waals surface area contributed by atoms with Crippen LogP contribution in [0.2, 0.25) is 0 Å². The molecule has 0 spiro atoms. The highest BCUT2D eigenvalue weighted by molar-refractivity contribution is 5.74. The van der Waals surface area contributed by atoms with Crippen LogP contribution in [0.3, 0.4) is 0 Å². The van der Waals surface area contributed by atoms with Gasteiger partial charge in [0.05, 0.1) is 0 Å². The van der Waals surface area contributed by atoms with Crippen LogP contribution >= 0.6 is 0 Å². The van der Waals surface area contributed by atoms with Gasteiger partial charge in [0.1, 0.15) is 5.82 Å². The summed E-state index contributed by atoms with van der Waals surface area (Å²) in [6.07, 6.45) is 0. The van der Waals surface area contributed by atoms with Gasteiger partial charge in [-0.25, -0.2) is 4.39 Å². The lowest BCUT2D eigenvalue weighted by molar-refractivity contribution is 0.160. The van der Waals surface area contributed by atoms with Crippen LogP contribution < -0.4 is 16.0 Å². The van der Waals surface area contributed by atoms with Gasteiger partial charge in [-0.3, -0.25) is 10.3 Å². The minimum absolute atomic E-state index is 0.0149. The van der Waals surface area contributed by atoms with Crippen molar-refractivity contribution in [3.05, 3.63) is 102 Å². The topological polar surface area (TPSA) is 68.4 Å². The van der Waals surface area contributed by atoms with Gasteiger partial charge in [0.15, 0.2) is 5.96 Å². The van der Waals surface area contributed by atoms with E-state index in [1.165, 1.54) is 23.3 Å². The van der Waals surface area contributed by atoms with Gasteiger partial charge in [-0.2, -0.15) is 0 Å². The lowest BCUT2D eigenvalue weighted by Crippen LogP contribution is -2.50. The van der Waals surface area contributed by atoms with E-state index in [1.54, 1.807) is 0 Å². The molecule has 6 heteroatoms. The van der Waals surface area contributed by atoms with Crippen LogP contribution in [-0.4, -0.2) is 43.6 Å². The number of benzene rings is 3. The molecule has 3 aromatic carbocycles. The second-order valence-corrected chi connectivity index (χ2v) is 8.17. The highest BCUT2D eigenvalue weighted by atomic mass is 19.1. The first-order valence-corrected chi connectivity index (χ1v) is 11.0. The van der Waals surface area contributed by atoms with Crippen molar-refractivity contribution in [2.24, 2.45) is 5.73 Å². The molecule has 32 heavy (non-hydrogen) atoms. The smallest absolute Gasteiger partial charge is 0.185 e. The summed E-state index contributed by atoms with van der Waals surface area (Å²) in [6.45, 7) is 4.10. The third-order valence-corrected chi connectivity index (χ3v) is 6.16. The first-order valence-electron chi connectivity index (χ1n) is 11.0. The molecule has 2 atom stereocenters. The molecule has 1 aliphatic rings. The van der Waals surface area contributed by atoms with Crippen molar-refractivity contribution >= 4 is 11.6 Å². The largest absolute Gasteiger partial charge is 0.370 e. The zero-order chi connectivity index (χ0) is 22.3. The zero-order valence-corrected chi connectivity index (χ0v) is 18.1. The maximum atomic E-state index is 13.3. The first kappa shape index (κ1) is 21.8. The monoisotopic (exact) mass is 431 g/mol. The average molecular weight is 432 g/mol. The van der Waals surface area contributed by atoms with Crippen LogP contribution in [-0.2, 0) is 0 Å². The normalized spacial score (nSPS) is 16.3. The number of hydrogen-bond donors (Lipinski definition) is 3. The number of anilines is 1. The van der Waals surface area contributed by atoms with E-state index in [2.05, 4.69) is 63.6 Å². The van der Waals surface area contributed by atoms with E-state index >= 15 is 0 Å². The Balaban J connectivity index is 1.60. The Hall–Kier alpha value is -3.38. The SMILES string of the molecule is N=C(N)NC[C@H](c1ccccc1)[C@@H](c1ccccc1)N1CCN(c2ccc(F)cc2)CC1. The number of piperazine rings is 1. The van der Waals surface area contributed by atoms with Gasteiger partial charge in [0, 0.05) is 50.4 Å². The molecule has 0 aromatic heterocycles. The summed E-state index contributed by atoms with van der Waals surface area (Å²) >= 11 is 0. The fraction of sp³-hybridized carbons (Fsp3) is 0.269. The molecule has 3 aromatic rings. The number of nitrogens with one attached hydrogen (secondary N) is 2. The Kier molecular flexibility index (Phi) is 7.02. The number of guanidine groups is 1. The Morgan fingerprint density at radius 2 is 1.41 bits per heavy atom. The number of hydrogen-bond acceptors (Lipinski definition) is 3. The Bertz CT molecular complexity index is 986. The molecular weight excluding hydrogens is 401 g/mol. The summed E-state index contributed by atoms with van der Waals surface area (Å²) in [4.78, 5) is 4.83. The van der Waals surface area contributed by atoms with E-state index in [0.29, 0.717) is 6.54 Å². The lowest BCUT2D eigenvalue weighted by Gasteiger charge is -2.43. The molecule has 0 bridgehead atoms. The highest BCUT2D eigenvalue weighted by Crippen LogP contribution is 2.36. The second kappa shape index (κ2) is 10.3. The van der Waals surface area contributed by atoms with Crippen LogP contribution in [0, 0.1) is 11.2 Å². The molecule has 1 saturated heterocycles. The molecule has 0 radical (unpaired) electrons. The minimum atomic E-state index is -0.208. The minimum Gasteiger partial charge on any atom is -0.370 e. The standard InChI is InChI=1S/C26H30FN5/c27-22-11-13-23(14-12-22)31-15-17-32(18-16-31)25(21-9-5-2-6-10-21)24(19-30-26(28)29)20-7-3-1-4-8-20/h1-14,24-25H,15-19H2,(H4,28,29,30)/t24-,25-/m1/s1. The summed E-state index contributed by atoms with van der Waals surface area (Å²) in [7, 11) is 0. The van der Waals surface area contributed by atoms with Crippen LogP contribution in [0.4, 0.5) is 10.1 Å². The van der Waals surface area contributed by atoms with Crippen LogP contribution in [0.5, 0.6) is 0 Å².